The number of hydrogen-bond acceptors (Lipinski definition) is 3. The average molecular weight is 337 g/mol. The molecule has 2 aromatic rings. The van der Waals surface area contributed by atoms with Crippen LogP contribution in [0.3, 0.4) is 0 Å². The molecule has 0 aliphatic rings. The normalized spacial score (nSPS) is 10.9. The van der Waals surface area contributed by atoms with Crippen LogP contribution >= 0.6 is 11.8 Å². The van der Waals surface area contributed by atoms with Gasteiger partial charge in [0.25, 0.3) is 0 Å². The van der Waals surface area contributed by atoms with Crippen molar-refractivity contribution in [3.63, 3.8) is 0 Å². The van der Waals surface area contributed by atoms with Crippen molar-refractivity contribution < 1.29 is 8.78 Å². The fourth-order valence-corrected chi connectivity index (χ4v) is 3.36. The van der Waals surface area contributed by atoms with Gasteiger partial charge in [0.2, 0.25) is 0 Å². The summed E-state index contributed by atoms with van der Waals surface area (Å²) in [5.41, 5.74) is 9.22. The maximum absolute atomic E-state index is 13.4. The standard InChI is InChI=1S/C15H17F2N5S/c1-9(2)14-15(22(3)13(20-14)4-5-19-21-18)23-12-7-10(16)6-11(17)8-12/h6-9H,4-5H2,1-3H3. The Bertz CT molecular complexity index is 730. The van der Waals surface area contributed by atoms with Crippen LogP contribution in [0.25, 0.3) is 10.4 Å². The first-order valence-corrected chi connectivity index (χ1v) is 7.94. The van der Waals surface area contributed by atoms with Gasteiger partial charge in [-0.25, -0.2) is 13.8 Å². The number of benzene rings is 1. The Labute approximate surface area is 137 Å². The molecule has 1 heterocycles. The third kappa shape index (κ3) is 4.24. The van der Waals surface area contributed by atoms with E-state index < -0.39 is 11.6 Å². The molecule has 23 heavy (non-hydrogen) atoms. The molecule has 0 amide bonds. The lowest BCUT2D eigenvalue weighted by Gasteiger charge is -2.09. The van der Waals surface area contributed by atoms with Crippen molar-refractivity contribution in [1.82, 2.24) is 9.55 Å². The van der Waals surface area contributed by atoms with Gasteiger partial charge in [-0.3, -0.25) is 0 Å². The van der Waals surface area contributed by atoms with E-state index in [9.17, 15) is 8.78 Å². The Morgan fingerprint density at radius 1 is 1.30 bits per heavy atom. The summed E-state index contributed by atoms with van der Waals surface area (Å²) in [5, 5.41) is 4.35. The van der Waals surface area contributed by atoms with Crippen LogP contribution in [0.2, 0.25) is 0 Å². The Balaban J connectivity index is 2.37. The zero-order valence-corrected chi connectivity index (χ0v) is 13.9. The van der Waals surface area contributed by atoms with Gasteiger partial charge in [-0.05, 0) is 23.6 Å². The average Bonchev–Trinajstić information content (AvgIpc) is 2.76. The van der Waals surface area contributed by atoms with Crippen LogP contribution in [0.15, 0.2) is 33.2 Å². The maximum atomic E-state index is 13.4. The van der Waals surface area contributed by atoms with E-state index >= 15 is 0 Å². The van der Waals surface area contributed by atoms with E-state index in [1.807, 2.05) is 25.5 Å². The van der Waals surface area contributed by atoms with E-state index in [-0.39, 0.29) is 5.92 Å². The lowest BCUT2D eigenvalue weighted by molar-refractivity contribution is 0.577. The second-order valence-electron chi connectivity index (χ2n) is 5.34. The topological polar surface area (TPSA) is 66.6 Å². The van der Waals surface area contributed by atoms with Gasteiger partial charge in [-0.2, -0.15) is 0 Å². The summed E-state index contributed by atoms with van der Waals surface area (Å²) in [6, 6.07) is 3.44. The highest BCUT2D eigenvalue weighted by Crippen LogP contribution is 2.35. The molecular formula is C15H17F2N5S. The van der Waals surface area contributed by atoms with E-state index in [1.54, 1.807) is 0 Å². The van der Waals surface area contributed by atoms with Gasteiger partial charge in [0.15, 0.2) is 0 Å². The molecule has 0 atom stereocenters. The van der Waals surface area contributed by atoms with Crippen molar-refractivity contribution in [1.29, 1.82) is 0 Å². The summed E-state index contributed by atoms with van der Waals surface area (Å²) in [4.78, 5) is 7.81. The third-order valence-electron chi connectivity index (χ3n) is 3.26. The SMILES string of the molecule is CC(C)c1nc(CCN=[N+]=[N-])n(C)c1Sc1cc(F)cc(F)c1. The fourth-order valence-electron chi connectivity index (χ4n) is 2.17. The molecule has 0 saturated carbocycles. The smallest absolute Gasteiger partial charge is 0.127 e. The van der Waals surface area contributed by atoms with Crippen LogP contribution in [0.1, 0.15) is 31.3 Å². The molecule has 0 fully saturated rings. The monoisotopic (exact) mass is 337 g/mol. The van der Waals surface area contributed by atoms with Gasteiger partial charge < -0.3 is 4.57 Å². The maximum Gasteiger partial charge on any atom is 0.127 e. The van der Waals surface area contributed by atoms with Gasteiger partial charge in [-0.1, -0.05) is 30.7 Å². The van der Waals surface area contributed by atoms with Crippen LogP contribution in [0.4, 0.5) is 8.78 Å². The number of nitrogens with zero attached hydrogens (tertiary/aromatic N) is 5. The summed E-state index contributed by atoms with van der Waals surface area (Å²) in [6.45, 7) is 4.34. The molecule has 1 aromatic heterocycles. The third-order valence-corrected chi connectivity index (χ3v) is 4.40. The minimum absolute atomic E-state index is 0.162. The minimum atomic E-state index is -0.607. The summed E-state index contributed by atoms with van der Waals surface area (Å²) < 4.78 is 28.6. The fraction of sp³-hybridized carbons (Fsp3) is 0.400. The molecule has 1 aromatic carbocycles. The zero-order valence-electron chi connectivity index (χ0n) is 13.1. The number of rotatable bonds is 6. The van der Waals surface area contributed by atoms with E-state index in [1.165, 1.54) is 23.9 Å². The van der Waals surface area contributed by atoms with Crippen LogP contribution < -0.4 is 0 Å². The summed E-state index contributed by atoms with van der Waals surface area (Å²) in [5.74, 6) is -0.274. The summed E-state index contributed by atoms with van der Waals surface area (Å²) in [7, 11) is 1.85. The van der Waals surface area contributed by atoms with Gasteiger partial charge in [0, 0.05) is 35.9 Å². The first kappa shape index (κ1) is 17.3. The number of aromatic nitrogens is 2. The van der Waals surface area contributed by atoms with E-state index in [0.717, 1.165) is 22.6 Å². The van der Waals surface area contributed by atoms with Crippen molar-refractivity contribution in [2.24, 2.45) is 12.2 Å². The van der Waals surface area contributed by atoms with E-state index in [2.05, 4.69) is 15.0 Å². The van der Waals surface area contributed by atoms with Crippen LogP contribution in [-0.4, -0.2) is 16.1 Å². The highest BCUT2D eigenvalue weighted by molar-refractivity contribution is 7.99. The quantitative estimate of drug-likeness (QED) is 0.430. The molecular weight excluding hydrogens is 320 g/mol. The van der Waals surface area contributed by atoms with Crippen molar-refractivity contribution in [3.8, 4) is 0 Å². The predicted octanol–water partition coefficient (Wildman–Crippen LogP) is 4.83. The molecule has 5 nitrogen and oxygen atoms in total. The highest BCUT2D eigenvalue weighted by Gasteiger charge is 2.18. The Kier molecular flexibility index (Phi) is 5.63. The molecule has 0 spiro atoms. The molecule has 122 valence electrons. The van der Waals surface area contributed by atoms with Crippen molar-refractivity contribution in [2.75, 3.05) is 6.54 Å². The number of imidazole rings is 1. The molecule has 8 heteroatoms. The first-order chi connectivity index (χ1) is 10.9. The molecule has 0 bridgehead atoms. The molecule has 0 N–H and O–H groups in total. The number of hydrogen-bond donors (Lipinski definition) is 0. The van der Waals surface area contributed by atoms with E-state index in [4.69, 9.17) is 5.53 Å². The number of azide groups is 1. The molecule has 0 saturated heterocycles. The van der Waals surface area contributed by atoms with Crippen LogP contribution in [-0.2, 0) is 13.5 Å². The second-order valence-corrected chi connectivity index (χ2v) is 6.41. The Morgan fingerprint density at radius 3 is 2.52 bits per heavy atom. The lowest BCUT2D eigenvalue weighted by atomic mass is 10.1. The summed E-state index contributed by atoms with van der Waals surface area (Å²) >= 11 is 1.27. The Hall–Kier alpha value is -2.05. The predicted molar refractivity (Wildman–Crippen MR) is 85.5 cm³/mol. The van der Waals surface area contributed by atoms with Crippen LogP contribution in [0.5, 0.6) is 0 Å². The number of halogens is 2. The van der Waals surface area contributed by atoms with Gasteiger partial charge in [0.05, 0.1) is 5.69 Å². The lowest BCUT2D eigenvalue weighted by Crippen LogP contribution is -2.01. The van der Waals surface area contributed by atoms with Crippen molar-refractivity contribution >= 4 is 11.8 Å². The zero-order chi connectivity index (χ0) is 17.0. The van der Waals surface area contributed by atoms with E-state index in [0.29, 0.717) is 17.9 Å². The minimum Gasteiger partial charge on any atom is -0.326 e. The molecule has 0 aliphatic heterocycles. The largest absolute Gasteiger partial charge is 0.326 e. The van der Waals surface area contributed by atoms with Crippen molar-refractivity contribution in [3.05, 3.63) is 51.8 Å². The van der Waals surface area contributed by atoms with Crippen LogP contribution in [0, 0.1) is 11.6 Å². The molecule has 0 aliphatic carbocycles. The Morgan fingerprint density at radius 2 is 1.96 bits per heavy atom. The first-order valence-electron chi connectivity index (χ1n) is 7.12. The van der Waals surface area contributed by atoms with Crippen molar-refractivity contribution in [2.45, 2.75) is 36.1 Å². The molecule has 0 radical (unpaired) electrons. The van der Waals surface area contributed by atoms with Gasteiger partial charge >= 0.3 is 0 Å². The molecule has 2 rings (SSSR count). The van der Waals surface area contributed by atoms with Gasteiger partial charge in [0.1, 0.15) is 22.5 Å². The highest BCUT2D eigenvalue weighted by atomic mass is 32.2. The molecule has 0 unspecified atom stereocenters. The summed E-state index contributed by atoms with van der Waals surface area (Å²) in [6.07, 6.45) is 0.512. The second kappa shape index (κ2) is 7.48. The van der Waals surface area contributed by atoms with Gasteiger partial charge in [-0.15, -0.1) is 0 Å².